The van der Waals surface area contributed by atoms with E-state index in [0.717, 1.165) is 19.5 Å². The lowest BCUT2D eigenvalue weighted by molar-refractivity contribution is -0.543. The van der Waals surface area contributed by atoms with Crippen molar-refractivity contribution in [3.8, 4) is 0 Å². The molecular weight excluding hydrogens is 345 g/mol. The smallest absolute Gasteiger partial charge is 0.418 e. The molecule has 1 unspecified atom stereocenters. The quantitative estimate of drug-likeness (QED) is 0.414. The van der Waals surface area contributed by atoms with Gasteiger partial charge in [-0.3, -0.25) is 0 Å². The number of hydrogen-bond acceptors (Lipinski definition) is 1. The third-order valence-corrected chi connectivity index (χ3v) is 4.03. The van der Waals surface area contributed by atoms with Gasteiger partial charge in [0.05, 0.1) is 13.0 Å². The third-order valence-electron chi connectivity index (χ3n) is 4.03. The molecule has 1 heterocycles. The maximum atomic E-state index is 9.75. The Hall–Kier alpha value is -2.15. The summed E-state index contributed by atoms with van der Waals surface area (Å²) < 4.78 is 47.5. The Morgan fingerprint density at radius 2 is 1.42 bits per heavy atom. The van der Waals surface area contributed by atoms with Crippen molar-refractivity contribution in [2.75, 3.05) is 6.54 Å². The molecule has 1 aliphatic rings. The molecule has 0 amide bonds. The van der Waals surface area contributed by atoms with Crippen LogP contribution >= 0.6 is 0 Å². The second-order valence-corrected chi connectivity index (χ2v) is 6.22. The average Bonchev–Trinajstić information content (AvgIpc) is 2.93. The third kappa shape index (κ3) is 7.82. The van der Waals surface area contributed by atoms with E-state index in [1.165, 1.54) is 16.8 Å². The Morgan fingerprint density at radius 1 is 0.923 bits per heavy atom. The van der Waals surface area contributed by atoms with Gasteiger partial charge in [0.25, 0.3) is 0 Å². The van der Waals surface area contributed by atoms with E-state index in [4.69, 9.17) is 4.74 Å². The summed E-state index contributed by atoms with van der Waals surface area (Å²) in [5, 5.41) is 0. The van der Waals surface area contributed by atoms with E-state index in [2.05, 4.69) is 66.1 Å². The van der Waals surface area contributed by atoms with Crippen LogP contribution in [0.5, 0.6) is 0 Å². The van der Waals surface area contributed by atoms with Crippen molar-refractivity contribution >= 4 is 13.0 Å². The topological polar surface area (TPSA) is 12.2 Å². The van der Waals surface area contributed by atoms with Gasteiger partial charge in [0, 0.05) is 12.5 Å². The van der Waals surface area contributed by atoms with E-state index in [-0.39, 0.29) is 0 Å². The predicted molar refractivity (Wildman–Crippen MR) is 95.8 cm³/mol. The van der Waals surface area contributed by atoms with Crippen LogP contribution in [-0.2, 0) is 17.9 Å². The van der Waals surface area contributed by atoms with Crippen molar-refractivity contribution in [2.24, 2.45) is 0 Å². The molecule has 3 rings (SSSR count). The molecule has 0 aromatic heterocycles. The highest BCUT2D eigenvalue weighted by atomic mass is 19.5. The van der Waals surface area contributed by atoms with Crippen molar-refractivity contribution in [2.45, 2.75) is 32.6 Å². The van der Waals surface area contributed by atoms with Crippen LogP contribution in [0.25, 0.3) is 0 Å². The van der Waals surface area contributed by atoms with Crippen molar-refractivity contribution in [3.63, 3.8) is 0 Å². The van der Waals surface area contributed by atoms with Gasteiger partial charge >= 0.3 is 7.25 Å². The van der Waals surface area contributed by atoms with Crippen LogP contribution in [0, 0.1) is 0 Å². The van der Waals surface area contributed by atoms with E-state index in [0.29, 0.717) is 12.7 Å². The van der Waals surface area contributed by atoms with Gasteiger partial charge in [-0.25, -0.2) is 4.58 Å². The normalized spacial score (nSPS) is 17.0. The van der Waals surface area contributed by atoms with E-state index in [9.17, 15) is 17.3 Å². The molecule has 7 heteroatoms. The molecule has 0 saturated carbocycles. The zero-order valence-corrected chi connectivity index (χ0v) is 14.6. The molecule has 0 radical (unpaired) electrons. The van der Waals surface area contributed by atoms with Crippen molar-refractivity contribution in [1.29, 1.82) is 0 Å². The van der Waals surface area contributed by atoms with Gasteiger partial charge in [-0.2, -0.15) is 0 Å². The number of hydrogen-bond donors (Lipinski definition) is 0. The maximum Gasteiger partial charge on any atom is 0.673 e. The fourth-order valence-electron chi connectivity index (χ4n) is 2.83. The van der Waals surface area contributed by atoms with Crippen molar-refractivity contribution in [3.05, 3.63) is 71.8 Å². The van der Waals surface area contributed by atoms with Gasteiger partial charge in [-0.05, 0) is 5.56 Å². The maximum absolute atomic E-state index is 9.75. The number of ether oxygens (including phenoxy) is 1. The van der Waals surface area contributed by atoms with Crippen LogP contribution in [-0.4, -0.2) is 30.2 Å². The second-order valence-electron chi connectivity index (χ2n) is 6.22. The van der Waals surface area contributed by atoms with Crippen LogP contribution in [0.3, 0.4) is 0 Å². The van der Waals surface area contributed by atoms with Gasteiger partial charge in [0.15, 0.2) is 18.8 Å². The Bertz CT molecular complexity index is 698. The highest BCUT2D eigenvalue weighted by Crippen LogP contribution is 2.15. The number of nitrogens with zero attached hydrogens (tertiary/aromatic N) is 1. The van der Waals surface area contributed by atoms with E-state index in [1.54, 1.807) is 0 Å². The number of halogens is 4. The van der Waals surface area contributed by atoms with Crippen molar-refractivity contribution < 1.29 is 26.6 Å². The lowest BCUT2D eigenvalue weighted by Crippen LogP contribution is -2.19. The molecule has 2 aromatic rings. The van der Waals surface area contributed by atoms with Crippen LogP contribution in [0.1, 0.15) is 24.5 Å². The fraction of sp³-hybridized carbons (Fsp3) is 0.316. The molecule has 0 fully saturated rings. The molecule has 0 aliphatic carbocycles. The Balaban J connectivity index is 0.000000431. The molecule has 0 spiro atoms. The lowest BCUT2D eigenvalue weighted by atomic mass is 10.2. The summed E-state index contributed by atoms with van der Waals surface area (Å²) >= 11 is 0. The van der Waals surface area contributed by atoms with Crippen LogP contribution in [0.4, 0.5) is 17.3 Å². The molecule has 0 saturated heterocycles. The van der Waals surface area contributed by atoms with Gasteiger partial charge < -0.3 is 22.0 Å². The molecule has 1 aliphatic heterocycles. The van der Waals surface area contributed by atoms with Gasteiger partial charge in [0.2, 0.25) is 0 Å². The fourth-order valence-corrected chi connectivity index (χ4v) is 2.83. The van der Waals surface area contributed by atoms with Gasteiger partial charge in [0.1, 0.15) is 6.10 Å². The molecule has 0 bridgehead atoms. The lowest BCUT2D eigenvalue weighted by Gasteiger charge is -2.09. The summed E-state index contributed by atoms with van der Waals surface area (Å²) in [5.41, 5.74) is 4.04. The molecular formula is C19H22BF4NO. The van der Waals surface area contributed by atoms with Crippen LogP contribution in [0.15, 0.2) is 60.7 Å². The second kappa shape index (κ2) is 9.52. The number of rotatable bonds is 5. The minimum Gasteiger partial charge on any atom is -0.418 e. The highest BCUT2D eigenvalue weighted by Gasteiger charge is 2.29. The predicted octanol–water partition coefficient (Wildman–Crippen LogP) is 4.95. The summed E-state index contributed by atoms with van der Waals surface area (Å²) in [6, 6.07) is 21.0. The molecule has 140 valence electrons. The van der Waals surface area contributed by atoms with Gasteiger partial charge in [-0.1, -0.05) is 60.7 Å². The minimum atomic E-state index is -6.00. The molecule has 0 N–H and O–H groups in total. The van der Waals surface area contributed by atoms with Crippen LogP contribution < -0.4 is 0 Å². The first-order valence-corrected chi connectivity index (χ1v) is 8.45. The van der Waals surface area contributed by atoms with Crippen LogP contribution in [0.2, 0.25) is 0 Å². The SMILES string of the molecule is CC1=[N+](Cc2ccccc2)CC(OCc2ccccc2)C1.F[B-](F)(F)F. The number of benzene rings is 2. The standard InChI is InChI=1S/C19H22NO.BF4/c1-16-12-19(21-15-18-10-6-3-7-11-18)14-20(16)13-17-8-4-2-5-9-17;2-1(3,4)5/h2-11,19H,12-15H2,1H3;/q+1;-1. The molecule has 26 heavy (non-hydrogen) atoms. The summed E-state index contributed by atoms with van der Waals surface area (Å²) in [6.45, 7) is 4.90. The van der Waals surface area contributed by atoms with E-state index >= 15 is 0 Å². The van der Waals surface area contributed by atoms with E-state index < -0.39 is 7.25 Å². The molecule has 2 nitrogen and oxygen atoms in total. The first-order valence-electron chi connectivity index (χ1n) is 8.45. The zero-order valence-electron chi connectivity index (χ0n) is 14.6. The summed E-state index contributed by atoms with van der Waals surface area (Å²) in [6.07, 6.45) is 1.36. The zero-order chi connectivity index (χ0) is 19.0. The monoisotopic (exact) mass is 367 g/mol. The summed E-state index contributed by atoms with van der Waals surface area (Å²) in [4.78, 5) is 0. The minimum absolute atomic E-state index is 0.314. The average molecular weight is 367 g/mol. The Morgan fingerprint density at radius 3 is 1.96 bits per heavy atom. The van der Waals surface area contributed by atoms with Gasteiger partial charge in [-0.15, -0.1) is 0 Å². The summed E-state index contributed by atoms with van der Waals surface area (Å²) in [5.74, 6) is 0. The first kappa shape index (κ1) is 20.2. The van der Waals surface area contributed by atoms with Crippen molar-refractivity contribution in [1.82, 2.24) is 0 Å². The highest BCUT2D eigenvalue weighted by molar-refractivity contribution is 6.50. The molecule has 2 aromatic carbocycles. The first-order chi connectivity index (χ1) is 12.3. The Kier molecular flexibility index (Phi) is 7.39. The summed E-state index contributed by atoms with van der Waals surface area (Å²) in [7, 11) is -6.00. The van der Waals surface area contributed by atoms with E-state index in [1.807, 2.05) is 6.07 Å². The molecule has 1 atom stereocenters. The Labute approximate surface area is 151 Å². The largest absolute Gasteiger partial charge is 0.673 e.